The number of fused-ring (bicyclic) bond motifs is 1. The number of methoxy groups -OCH3 is 1. The maximum atomic E-state index is 12.4. The van der Waals surface area contributed by atoms with Gasteiger partial charge in [-0.2, -0.15) is 0 Å². The lowest BCUT2D eigenvalue weighted by molar-refractivity contribution is -0.116. The molecule has 0 fully saturated rings. The molecule has 0 spiro atoms. The van der Waals surface area contributed by atoms with E-state index in [1.54, 1.807) is 37.3 Å². The number of amides is 1. The van der Waals surface area contributed by atoms with Crippen molar-refractivity contribution in [1.29, 1.82) is 0 Å². The second-order valence-electron chi connectivity index (χ2n) is 7.31. The molecule has 9 heteroatoms. The van der Waals surface area contributed by atoms with Gasteiger partial charge in [0.05, 0.1) is 19.1 Å². The van der Waals surface area contributed by atoms with Gasteiger partial charge in [-0.3, -0.25) is 9.52 Å². The average Bonchev–Trinajstić information content (AvgIpc) is 2.68. The first-order chi connectivity index (χ1) is 14.6. The minimum absolute atomic E-state index is 0.0655. The van der Waals surface area contributed by atoms with Crippen molar-refractivity contribution in [2.75, 3.05) is 23.4 Å². The Balaban J connectivity index is 1.75. The van der Waals surface area contributed by atoms with Gasteiger partial charge in [0.2, 0.25) is 15.9 Å². The topological polar surface area (TPSA) is 115 Å². The molecule has 164 valence electrons. The number of sulfonamides is 1. The maximum Gasteiger partial charge on any atom is 0.339 e. The van der Waals surface area contributed by atoms with Crippen LogP contribution in [0.15, 0.2) is 45.6 Å². The fourth-order valence-electron chi connectivity index (χ4n) is 3.26. The van der Waals surface area contributed by atoms with Crippen molar-refractivity contribution in [3.8, 4) is 5.75 Å². The summed E-state index contributed by atoms with van der Waals surface area (Å²) >= 11 is 0. The van der Waals surface area contributed by atoms with Gasteiger partial charge in [-0.15, -0.1) is 0 Å². The van der Waals surface area contributed by atoms with E-state index < -0.39 is 15.6 Å². The number of aryl methyl sites for hydroxylation is 2. The number of rotatable bonds is 7. The van der Waals surface area contributed by atoms with E-state index in [0.717, 1.165) is 22.8 Å². The first-order valence-corrected chi connectivity index (χ1v) is 11.4. The molecule has 3 aromatic rings. The maximum absolute atomic E-state index is 12.4. The summed E-state index contributed by atoms with van der Waals surface area (Å²) in [7, 11) is -1.90. The molecule has 0 aliphatic rings. The van der Waals surface area contributed by atoms with Crippen LogP contribution in [-0.2, 0) is 21.2 Å². The van der Waals surface area contributed by atoms with Gasteiger partial charge in [0.25, 0.3) is 0 Å². The predicted molar refractivity (Wildman–Crippen MR) is 120 cm³/mol. The third-order valence-electron chi connectivity index (χ3n) is 4.91. The molecular formula is C22H24N2O6S. The summed E-state index contributed by atoms with van der Waals surface area (Å²) in [5.74, 6) is 0.285. The molecule has 0 aliphatic carbocycles. The number of ether oxygens (including phenoxy) is 1. The lowest BCUT2D eigenvalue weighted by Crippen LogP contribution is -2.17. The van der Waals surface area contributed by atoms with Crippen molar-refractivity contribution in [1.82, 2.24) is 0 Å². The lowest BCUT2D eigenvalue weighted by Gasteiger charge is -2.12. The summed E-state index contributed by atoms with van der Waals surface area (Å²) < 4.78 is 36.0. The highest BCUT2D eigenvalue weighted by Crippen LogP contribution is 2.25. The molecule has 8 nitrogen and oxygen atoms in total. The van der Waals surface area contributed by atoms with E-state index in [-0.39, 0.29) is 18.7 Å². The number of hydrogen-bond donors (Lipinski definition) is 2. The van der Waals surface area contributed by atoms with E-state index in [2.05, 4.69) is 10.0 Å². The van der Waals surface area contributed by atoms with E-state index in [1.165, 1.54) is 7.11 Å². The summed E-state index contributed by atoms with van der Waals surface area (Å²) in [6, 6.07) is 10.2. The van der Waals surface area contributed by atoms with Crippen LogP contribution in [-0.4, -0.2) is 27.7 Å². The Kier molecular flexibility index (Phi) is 6.35. The molecule has 0 radical (unpaired) electrons. The van der Waals surface area contributed by atoms with Gasteiger partial charge in [0.1, 0.15) is 11.3 Å². The first kappa shape index (κ1) is 22.4. The summed E-state index contributed by atoms with van der Waals surface area (Å²) in [6.45, 7) is 3.58. The Hall–Kier alpha value is -3.33. The zero-order valence-electron chi connectivity index (χ0n) is 17.7. The van der Waals surface area contributed by atoms with Gasteiger partial charge in [0, 0.05) is 29.1 Å². The van der Waals surface area contributed by atoms with Gasteiger partial charge >= 0.3 is 5.63 Å². The third kappa shape index (κ3) is 5.43. The van der Waals surface area contributed by atoms with Crippen molar-refractivity contribution < 1.29 is 22.4 Å². The molecule has 0 bridgehead atoms. The normalized spacial score (nSPS) is 11.4. The lowest BCUT2D eigenvalue weighted by atomic mass is 10.0. The number of hydrogen-bond acceptors (Lipinski definition) is 6. The second kappa shape index (κ2) is 8.81. The first-order valence-electron chi connectivity index (χ1n) is 9.56. The van der Waals surface area contributed by atoms with Gasteiger partial charge in [-0.25, -0.2) is 13.2 Å². The van der Waals surface area contributed by atoms with Crippen molar-refractivity contribution in [2.24, 2.45) is 0 Å². The smallest absolute Gasteiger partial charge is 0.339 e. The molecule has 0 aliphatic heterocycles. The number of anilines is 2. The number of carbonyl (C=O) groups excluding carboxylic acids is 1. The SMILES string of the molecule is COc1ccc2c(C)c(CCC(=O)Nc3ccc(C)c(NS(C)(=O)=O)c3)c(=O)oc2c1. The fraction of sp³-hybridized carbons (Fsp3) is 0.273. The zero-order valence-corrected chi connectivity index (χ0v) is 18.6. The van der Waals surface area contributed by atoms with Gasteiger partial charge < -0.3 is 14.5 Å². The minimum atomic E-state index is -3.44. The van der Waals surface area contributed by atoms with Gasteiger partial charge in [0.15, 0.2) is 0 Å². The average molecular weight is 445 g/mol. The Morgan fingerprint density at radius 3 is 2.55 bits per heavy atom. The van der Waals surface area contributed by atoms with Crippen LogP contribution in [0.3, 0.4) is 0 Å². The standard InChI is InChI=1S/C22H24N2O6S/c1-13-5-6-15(11-19(13)24-31(4,27)28)23-21(25)10-9-18-14(2)17-8-7-16(29-3)12-20(17)30-22(18)26/h5-8,11-12,24H,9-10H2,1-4H3,(H,23,25). The highest BCUT2D eigenvalue weighted by Gasteiger charge is 2.14. The molecule has 0 saturated carbocycles. The van der Waals surface area contributed by atoms with Crippen LogP contribution in [0.2, 0.25) is 0 Å². The summed E-state index contributed by atoms with van der Waals surface area (Å²) in [6.07, 6.45) is 1.34. The van der Waals surface area contributed by atoms with Crippen molar-refractivity contribution in [3.05, 3.63) is 63.5 Å². The Bertz CT molecular complexity index is 1310. The minimum Gasteiger partial charge on any atom is -0.497 e. The van der Waals surface area contributed by atoms with Crippen LogP contribution in [0.25, 0.3) is 11.0 Å². The molecular weight excluding hydrogens is 420 g/mol. The van der Waals surface area contributed by atoms with E-state index >= 15 is 0 Å². The largest absolute Gasteiger partial charge is 0.497 e. The summed E-state index contributed by atoms with van der Waals surface area (Å²) in [4.78, 5) is 24.9. The molecule has 2 aromatic carbocycles. The second-order valence-corrected chi connectivity index (χ2v) is 9.06. The monoisotopic (exact) mass is 444 g/mol. The Morgan fingerprint density at radius 2 is 1.87 bits per heavy atom. The number of nitrogens with one attached hydrogen (secondary N) is 2. The predicted octanol–water partition coefficient (Wildman–Crippen LogP) is 3.36. The van der Waals surface area contributed by atoms with E-state index in [4.69, 9.17) is 9.15 Å². The van der Waals surface area contributed by atoms with Crippen LogP contribution in [0.1, 0.15) is 23.1 Å². The highest BCUT2D eigenvalue weighted by molar-refractivity contribution is 7.92. The molecule has 3 rings (SSSR count). The quantitative estimate of drug-likeness (QED) is 0.540. The van der Waals surface area contributed by atoms with Crippen LogP contribution in [0.4, 0.5) is 11.4 Å². The van der Waals surface area contributed by atoms with Crippen LogP contribution in [0.5, 0.6) is 5.75 Å². The molecule has 0 saturated heterocycles. The molecule has 31 heavy (non-hydrogen) atoms. The van der Waals surface area contributed by atoms with Crippen LogP contribution in [0, 0.1) is 13.8 Å². The summed E-state index contributed by atoms with van der Waals surface area (Å²) in [5, 5.41) is 3.52. The van der Waals surface area contributed by atoms with Gasteiger partial charge in [-0.1, -0.05) is 6.07 Å². The molecule has 0 unspecified atom stereocenters. The fourth-order valence-corrected chi connectivity index (χ4v) is 3.88. The molecule has 0 atom stereocenters. The Morgan fingerprint density at radius 1 is 1.13 bits per heavy atom. The van der Waals surface area contributed by atoms with Crippen molar-refractivity contribution in [2.45, 2.75) is 26.7 Å². The van der Waals surface area contributed by atoms with Crippen molar-refractivity contribution in [3.63, 3.8) is 0 Å². The van der Waals surface area contributed by atoms with Crippen LogP contribution >= 0.6 is 0 Å². The highest BCUT2D eigenvalue weighted by atomic mass is 32.2. The molecule has 1 aromatic heterocycles. The third-order valence-corrected chi connectivity index (χ3v) is 5.50. The van der Waals surface area contributed by atoms with E-state index in [9.17, 15) is 18.0 Å². The summed E-state index contributed by atoms with van der Waals surface area (Å²) in [5.41, 5.74) is 2.72. The zero-order chi connectivity index (χ0) is 22.8. The molecule has 1 heterocycles. The van der Waals surface area contributed by atoms with E-state index in [1.807, 2.05) is 13.0 Å². The number of benzene rings is 2. The molecule has 1 amide bonds. The number of carbonyl (C=O) groups is 1. The van der Waals surface area contributed by atoms with E-state index in [0.29, 0.717) is 28.3 Å². The molecule has 2 N–H and O–H groups in total. The van der Waals surface area contributed by atoms with Crippen LogP contribution < -0.4 is 20.4 Å². The Labute approximate surface area is 180 Å². The van der Waals surface area contributed by atoms with Crippen molar-refractivity contribution >= 4 is 38.3 Å². The van der Waals surface area contributed by atoms with Gasteiger partial charge in [-0.05, 0) is 55.7 Å².